The number of amides is 2. The summed E-state index contributed by atoms with van der Waals surface area (Å²) in [5.41, 5.74) is 0. The maximum Gasteiger partial charge on any atom is 0.323 e. The number of anilines is 1. The number of carbonyl (C=O) groups is 1. The Labute approximate surface area is 144 Å². The van der Waals surface area contributed by atoms with Crippen molar-refractivity contribution in [2.75, 3.05) is 25.5 Å². The predicted octanol–water partition coefficient (Wildman–Crippen LogP) is 3.09. The Morgan fingerprint density at radius 3 is 2.75 bits per heavy atom. The van der Waals surface area contributed by atoms with Crippen molar-refractivity contribution in [2.45, 2.75) is 69.5 Å². The Bertz CT molecular complexity index is 580. The van der Waals surface area contributed by atoms with Crippen LogP contribution in [0.2, 0.25) is 0 Å². The van der Waals surface area contributed by atoms with E-state index in [9.17, 15) is 4.79 Å². The molecule has 1 aromatic rings. The van der Waals surface area contributed by atoms with Crippen molar-refractivity contribution < 1.29 is 4.79 Å². The van der Waals surface area contributed by atoms with E-state index < -0.39 is 0 Å². The fourth-order valence-electron chi connectivity index (χ4n) is 4.80. The largest absolute Gasteiger partial charge is 0.323 e. The van der Waals surface area contributed by atoms with Crippen LogP contribution in [0.4, 0.5) is 10.6 Å². The standard InChI is InChI=1S/C18H29N5O/c1-21-11-5-8-16-15(21)9-12-22(16)18(24)19-17-10-13-23(20-17)14-6-3-2-4-7-14/h10,13-16H,2-9,11-12H2,1H3,(H,19,20,24). The third kappa shape index (κ3) is 3.04. The molecule has 2 aliphatic heterocycles. The molecule has 0 radical (unpaired) electrons. The Morgan fingerprint density at radius 1 is 1.08 bits per heavy atom. The number of piperidine rings is 1. The van der Waals surface area contributed by atoms with Gasteiger partial charge in [0, 0.05) is 30.9 Å². The summed E-state index contributed by atoms with van der Waals surface area (Å²) in [4.78, 5) is 17.2. The molecule has 1 aromatic heterocycles. The van der Waals surface area contributed by atoms with Gasteiger partial charge in [-0.3, -0.25) is 10.00 Å². The molecule has 6 nitrogen and oxygen atoms in total. The quantitative estimate of drug-likeness (QED) is 0.906. The van der Waals surface area contributed by atoms with Crippen molar-refractivity contribution in [2.24, 2.45) is 0 Å². The first kappa shape index (κ1) is 15.9. The van der Waals surface area contributed by atoms with Gasteiger partial charge in [0.25, 0.3) is 0 Å². The van der Waals surface area contributed by atoms with E-state index in [1.807, 2.05) is 17.2 Å². The molecule has 4 rings (SSSR count). The molecular weight excluding hydrogens is 302 g/mol. The number of rotatable bonds is 2. The zero-order chi connectivity index (χ0) is 16.5. The van der Waals surface area contributed by atoms with Gasteiger partial charge in [-0.2, -0.15) is 5.10 Å². The van der Waals surface area contributed by atoms with Crippen molar-refractivity contribution in [1.82, 2.24) is 19.6 Å². The molecule has 24 heavy (non-hydrogen) atoms. The number of likely N-dealkylation sites (tertiary alicyclic amines) is 2. The zero-order valence-electron chi connectivity index (χ0n) is 14.7. The highest BCUT2D eigenvalue weighted by Gasteiger charge is 2.40. The van der Waals surface area contributed by atoms with Gasteiger partial charge < -0.3 is 9.80 Å². The number of hydrogen-bond acceptors (Lipinski definition) is 3. The van der Waals surface area contributed by atoms with Crippen molar-refractivity contribution >= 4 is 11.8 Å². The summed E-state index contributed by atoms with van der Waals surface area (Å²) in [6.07, 6.45) is 11.7. The van der Waals surface area contributed by atoms with Crippen LogP contribution in [0, 0.1) is 0 Å². The van der Waals surface area contributed by atoms with Crippen molar-refractivity contribution in [3.8, 4) is 0 Å². The van der Waals surface area contributed by atoms with Crippen LogP contribution in [-0.4, -0.2) is 57.8 Å². The van der Waals surface area contributed by atoms with Crippen LogP contribution >= 0.6 is 0 Å². The summed E-state index contributed by atoms with van der Waals surface area (Å²) >= 11 is 0. The molecule has 3 fully saturated rings. The van der Waals surface area contributed by atoms with E-state index in [4.69, 9.17) is 0 Å². The summed E-state index contributed by atoms with van der Waals surface area (Å²) in [5.74, 6) is 0.693. The lowest BCUT2D eigenvalue weighted by Gasteiger charge is -2.37. The molecule has 1 N–H and O–H groups in total. The highest BCUT2D eigenvalue weighted by atomic mass is 16.2. The van der Waals surface area contributed by atoms with E-state index >= 15 is 0 Å². The summed E-state index contributed by atoms with van der Waals surface area (Å²) in [6.45, 7) is 2.01. The summed E-state index contributed by atoms with van der Waals surface area (Å²) in [5, 5.41) is 7.64. The first-order chi connectivity index (χ1) is 11.7. The normalized spacial score (nSPS) is 28.8. The average molecular weight is 331 g/mol. The molecule has 0 aromatic carbocycles. The fraction of sp³-hybridized carbons (Fsp3) is 0.778. The fourth-order valence-corrected chi connectivity index (χ4v) is 4.80. The van der Waals surface area contributed by atoms with E-state index in [1.165, 1.54) is 38.5 Å². The minimum Gasteiger partial charge on any atom is -0.320 e. The van der Waals surface area contributed by atoms with Gasteiger partial charge in [-0.1, -0.05) is 19.3 Å². The third-order valence-corrected chi connectivity index (χ3v) is 6.14. The highest BCUT2D eigenvalue weighted by molar-refractivity contribution is 5.88. The SMILES string of the molecule is CN1CCCC2C1CCN2C(=O)Nc1ccn(C2CCCCC2)n1. The van der Waals surface area contributed by atoms with E-state index in [0.717, 1.165) is 25.9 Å². The summed E-state index contributed by atoms with van der Waals surface area (Å²) in [7, 11) is 2.18. The first-order valence-electron chi connectivity index (χ1n) is 9.55. The maximum absolute atomic E-state index is 12.7. The molecule has 1 saturated carbocycles. The number of likely N-dealkylation sites (N-methyl/N-ethyl adjacent to an activating group) is 1. The lowest BCUT2D eigenvalue weighted by molar-refractivity contribution is 0.129. The molecule has 132 valence electrons. The Morgan fingerprint density at radius 2 is 1.92 bits per heavy atom. The Kier molecular flexibility index (Phi) is 4.48. The molecule has 3 aliphatic rings. The number of nitrogens with zero attached hydrogens (tertiary/aromatic N) is 4. The molecule has 6 heteroatoms. The van der Waals surface area contributed by atoms with Crippen molar-refractivity contribution in [3.63, 3.8) is 0 Å². The number of carbonyl (C=O) groups excluding carboxylic acids is 1. The number of nitrogens with one attached hydrogen (secondary N) is 1. The smallest absolute Gasteiger partial charge is 0.320 e. The van der Waals surface area contributed by atoms with E-state index in [-0.39, 0.29) is 6.03 Å². The monoisotopic (exact) mass is 331 g/mol. The minimum atomic E-state index is 0.0201. The molecule has 2 atom stereocenters. The number of fused-ring (bicyclic) bond motifs is 1. The Hall–Kier alpha value is -1.56. The number of urea groups is 1. The highest BCUT2D eigenvalue weighted by Crippen LogP contribution is 2.31. The van der Waals surface area contributed by atoms with Gasteiger partial charge in [0.15, 0.2) is 5.82 Å². The van der Waals surface area contributed by atoms with Crippen LogP contribution in [0.1, 0.15) is 57.4 Å². The molecule has 2 unspecified atom stereocenters. The second-order valence-electron chi connectivity index (χ2n) is 7.64. The van der Waals surface area contributed by atoms with Gasteiger partial charge in [-0.15, -0.1) is 0 Å². The second-order valence-corrected chi connectivity index (χ2v) is 7.64. The number of hydrogen-bond donors (Lipinski definition) is 1. The first-order valence-corrected chi connectivity index (χ1v) is 9.55. The molecule has 1 aliphatic carbocycles. The van der Waals surface area contributed by atoms with Gasteiger partial charge in [0.05, 0.1) is 6.04 Å². The van der Waals surface area contributed by atoms with Gasteiger partial charge in [0.2, 0.25) is 0 Å². The van der Waals surface area contributed by atoms with Gasteiger partial charge >= 0.3 is 6.03 Å². The molecule has 3 heterocycles. The maximum atomic E-state index is 12.7. The average Bonchev–Trinajstić information content (AvgIpc) is 3.23. The van der Waals surface area contributed by atoms with Gasteiger partial charge in [-0.25, -0.2) is 4.79 Å². The van der Waals surface area contributed by atoms with E-state index in [1.54, 1.807) is 0 Å². The lowest BCUT2D eigenvalue weighted by atomic mass is 9.96. The van der Waals surface area contributed by atoms with Crippen LogP contribution < -0.4 is 5.32 Å². The molecule has 0 spiro atoms. The lowest BCUT2D eigenvalue weighted by Crippen LogP contribution is -2.50. The summed E-state index contributed by atoms with van der Waals surface area (Å²) < 4.78 is 2.05. The molecule has 0 bridgehead atoms. The van der Waals surface area contributed by atoms with Gasteiger partial charge in [-0.05, 0) is 45.7 Å². The van der Waals surface area contributed by atoms with Crippen molar-refractivity contribution in [1.29, 1.82) is 0 Å². The predicted molar refractivity (Wildman–Crippen MR) is 94.1 cm³/mol. The summed E-state index contributed by atoms with van der Waals surface area (Å²) in [6, 6.07) is 3.36. The van der Waals surface area contributed by atoms with Crippen LogP contribution in [0.25, 0.3) is 0 Å². The van der Waals surface area contributed by atoms with Gasteiger partial charge in [0.1, 0.15) is 0 Å². The van der Waals surface area contributed by atoms with Crippen LogP contribution in [0.3, 0.4) is 0 Å². The molecule has 2 saturated heterocycles. The number of aromatic nitrogens is 2. The van der Waals surface area contributed by atoms with Crippen LogP contribution in [0.5, 0.6) is 0 Å². The Balaban J connectivity index is 1.38. The van der Waals surface area contributed by atoms with E-state index in [2.05, 4.69) is 27.0 Å². The van der Waals surface area contributed by atoms with Crippen LogP contribution in [0.15, 0.2) is 12.3 Å². The van der Waals surface area contributed by atoms with E-state index in [0.29, 0.717) is 23.9 Å². The molecule has 2 amide bonds. The minimum absolute atomic E-state index is 0.0201. The molecular formula is C18H29N5O. The zero-order valence-corrected chi connectivity index (χ0v) is 14.7. The van der Waals surface area contributed by atoms with Crippen LogP contribution in [-0.2, 0) is 0 Å². The second kappa shape index (κ2) is 6.75. The van der Waals surface area contributed by atoms with Crippen molar-refractivity contribution in [3.05, 3.63) is 12.3 Å². The third-order valence-electron chi connectivity index (χ3n) is 6.14. The topological polar surface area (TPSA) is 53.4 Å².